The first-order valence-electron chi connectivity index (χ1n) is 5.30. The minimum Gasteiger partial charge on any atom is -0.382 e. The summed E-state index contributed by atoms with van der Waals surface area (Å²) in [5.74, 6) is 0.113. The third-order valence-electron chi connectivity index (χ3n) is 1.90. The van der Waals surface area contributed by atoms with Crippen LogP contribution < -0.4 is 11.1 Å². The molecular formula is C10H18N4O2. The molecule has 0 aliphatic carbocycles. The van der Waals surface area contributed by atoms with Crippen LogP contribution in [0.15, 0.2) is 6.07 Å². The summed E-state index contributed by atoms with van der Waals surface area (Å²) in [5, 5.41) is 8.96. The fourth-order valence-electron chi connectivity index (χ4n) is 1.14. The average Bonchev–Trinajstić information content (AvgIpc) is 2.63. The molecule has 90 valence electrons. The number of amides is 1. The zero-order valence-corrected chi connectivity index (χ0v) is 9.62. The van der Waals surface area contributed by atoms with Crippen LogP contribution in [0.4, 0.5) is 5.82 Å². The molecule has 0 saturated carbocycles. The predicted octanol–water partition coefficient (Wildman–Crippen LogP) is 0.537. The summed E-state index contributed by atoms with van der Waals surface area (Å²) in [6.45, 7) is 5.17. The van der Waals surface area contributed by atoms with Gasteiger partial charge in [0.15, 0.2) is 0 Å². The number of H-pyrrole nitrogens is 1. The van der Waals surface area contributed by atoms with Gasteiger partial charge in [-0.05, 0) is 20.3 Å². The second-order valence-corrected chi connectivity index (χ2v) is 3.74. The van der Waals surface area contributed by atoms with E-state index in [-0.39, 0.29) is 12.0 Å². The van der Waals surface area contributed by atoms with Gasteiger partial charge < -0.3 is 15.8 Å². The van der Waals surface area contributed by atoms with Gasteiger partial charge in [-0.3, -0.25) is 9.89 Å². The SMILES string of the molecule is CC(C)OCCCNC(=O)c1cc(N)n[nH]1. The first-order chi connectivity index (χ1) is 7.59. The number of carbonyl (C=O) groups is 1. The van der Waals surface area contributed by atoms with Crippen LogP contribution in [0.2, 0.25) is 0 Å². The van der Waals surface area contributed by atoms with Gasteiger partial charge in [-0.2, -0.15) is 5.10 Å². The highest BCUT2D eigenvalue weighted by atomic mass is 16.5. The van der Waals surface area contributed by atoms with Crippen molar-refractivity contribution in [3.63, 3.8) is 0 Å². The highest BCUT2D eigenvalue weighted by Gasteiger charge is 2.07. The van der Waals surface area contributed by atoms with E-state index in [4.69, 9.17) is 10.5 Å². The quantitative estimate of drug-likeness (QED) is 0.617. The molecule has 1 amide bonds. The molecule has 0 saturated heterocycles. The lowest BCUT2D eigenvalue weighted by molar-refractivity contribution is 0.0756. The molecule has 4 N–H and O–H groups in total. The van der Waals surface area contributed by atoms with Crippen molar-refractivity contribution in [1.29, 1.82) is 0 Å². The number of rotatable bonds is 6. The first kappa shape index (κ1) is 12.5. The van der Waals surface area contributed by atoms with Crippen LogP contribution in [-0.2, 0) is 4.74 Å². The largest absolute Gasteiger partial charge is 0.382 e. The van der Waals surface area contributed by atoms with E-state index >= 15 is 0 Å². The smallest absolute Gasteiger partial charge is 0.269 e. The van der Waals surface area contributed by atoms with Crippen molar-refractivity contribution in [2.24, 2.45) is 0 Å². The topological polar surface area (TPSA) is 93.0 Å². The fraction of sp³-hybridized carbons (Fsp3) is 0.600. The number of nitrogens with zero attached hydrogens (tertiary/aromatic N) is 1. The van der Waals surface area contributed by atoms with Gasteiger partial charge in [0.05, 0.1) is 6.10 Å². The van der Waals surface area contributed by atoms with Crippen molar-refractivity contribution >= 4 is 11.7 Å². The Bertz CT molecular complexity index is 335. The van der Waals surface area contributed by atoms with E-state index in [0.29, 0.717) is 24.7 Å². The van der Waals surface area contributed by atoms with Crippen molar-refractivity contribution in [2.75, 3.05) is 18.9 Å². The molecule has 0 fully saturated rings. The molecule has 0 atom stereocenters. The normalized spacial score (nSPS) is 10.7. The van der Waals surface area contributed by atoms with Crippen molar-refractivity contribution in [3.05, 3.63) is 11.8 Å². The van der Waals surface area contributed by atoms with Crippen molar-refractivity contribution in [3.8, 4) is 0 Å². The number of ether oxygens (including phenoxy) is 1. The van der Waals surface area contributed by atoms with Gasteiger partial charge in [0.1, 0.15) is 11.5 Å². The summed E-state index contributed by atoms with van der Waals surface area (Å²) >= 11 is 0. The van der Waals surface area contributed by atoms with Crippen molar-refractivity contribution < 1.29 is 9.53 Å². The molecule has 0 spiro atoms. The average molecular weight is 226 g/mol. The van der Waals surface area contributed by atoms with Crippen LogP contribution in [0.25, 0.3) is 0 Å². The van der Waals surface area contributed by atoms with Gasteiger partial charge in [-0.25, -0.2) is 0 Å². The maximum absolute atomic E-state index is 11.5. The molecule has 0 aliphatic heterocycles. The Morgan fingerprint density at radius 3 is 3.00 bits per heavy atom. The molecule has 1 rings (SSSR count). The minimum absolute atomic E-state index is 0.200. The molecular weight excluding hydrogens is 208 g/mol. The lowest BCUT2D eigenvalue weighted by Crippen LogP contribution is -2.25. The fourth-order valence-corrected chi connectivity index (χ4v) is 1.14. The molecule has 16 heavy (non-hydrogen) atoms. The number of nitrogens with two attached hydrogens (primary N) is 1. The number of nitrogen functional groups attached to an aromatic ring is 1. The number of aromatic nitrogens is 2. The summed E-state index contributed by atoms with van der Waals surface area (Å²) in [6.07, 6.45) is 1.01. The van der Waals surface area contributed by atoms with E-state index in [2.05, 4.69) is 15.5 Å². The standard InChI is InChI=1S/C10H18N4O2/c1-7(2)16-5-3-4-12-10(15)8-6-9(11)14-13-8/h6-7H,3-5H2,1-2H3,(H,12,15)(H3,11,13,14). The Morgan fingerprint density at radius 2 is 2.44 bits per heavy atom. The Balaban J connectivity index is 2.16. The van der Waals surface area contributed by atoms with E-state index in [1.807, 2.05) is 13.8 Å². The zero-order valence-electron chi connectivity index (χ0n) is 9.62. The van der Waals surface area contributed by atoms with E-state index in [9.17, 15) is 4.79 Å². The molecule has 0 bridgehead atoms. The molecule has 0 aliphatic rings. The lowest BCUT2D eigenvalue weighted by Gasteiger charge is -2.07. The van der Waals surface area contributed by atoms with E-state index in [1.165, 1.54) is 6.07 Å². The molecule has 0 radical (unpaired) electrons. The highest BCUT2D eigenvalue weighted by molar-refractivity contribution is 5.92. The number of hydrogen-bond acceptors (Lipinski definition) is 4. The van der Waals surface area contributed by atoms with Gasteiger partial charge in [-0.15, -0.1) is 0 Å². The van der Waals surface area contributed by atoms with E-state index < -0.39 is 0 Å². The molecule has 0 aromatic carbocycles. The monoisotopic (exact) mass is 226 g/mol. The summed E-state index contributed by atoms with van der Waals surface area (Å²) in [5.41, 5.74) is 5.76. The summed E-state index contributed by atoms with van der Waals surface area (Å²) in [4.78, 5) is 11.5. The van der Waals surface area contributed by atoms with Crippen molar-refractivity contribution in [1.82, 2.24) is 15.5 Å². The van der Waals surface area contributed by atoms with Crippen LogP contribution in [0, 0.1) is 0 Å². The third kappa shape index (κ3) is 4.31. The van der Waals surface area contributed by atoms with Crippen LogP contribution in [0.5, 0.6) is 0 Å². The molecule has 6 heteroatoms. The van der Waals surface area contributed by atoms with Crippen molar-refractivity contribution in [2.45, 2.75) is 26.4 Å². The van der Waals surface area contributed by atoms with Gasteiger partial charge in [0, 0.05) is 19.2 Å². The number of aromatic amines is 1. The summed E-state index contributed by atoms with van der Waals surface area (Å²) in [6, 6.07) is 1.50. The van der Waals surface area contributed by atoms with Crippen LogP contribution in [0.1, 0.15) is 30.8 Å². The lowest BCUT2D eigenvalue weighted by atomic mass is 10.3. The molecule has 1 aromatic heterocycles. The predicted molar refractivity (Wildman–Crippen MR) is 61.0 cm³/mol. The zero-order chi connectivity index (χ0) is 12.0. The number of nitrogens with one attached hydrogen (secondary N) is 2. The first-order valence-corrected chi connectivity index (χ1v) is 5.30. The maximum Gasteiger partial charge on any atom is 0.269 e. The molecule has 1 heterocycles. The number of carbonyl (C=O) groups excluding carboxylic acids is 1. The van der Waals surface area contributed by atoms with Gasteiger partial charge in [0.2, 0.25) is 0 Å². The highest BCUT2D eigenvalue weighted by Crippen LogP contribution is 1.99. The molecule has 1 aromatic rings. The third-order valence-corrected chi connectivity index (χ3v) is 1.90. The Labute approximate surface area is 94.5 Å². The van der Waals surface area contributed by atoms with Gasteiger partial charge >= 0.3 is 0 Å². The summed E-state index contributed by atoms with van der Waals surface area (Å²) in [7, 11) is 0. The number of hydrogen-bond donors (Lipinski definition) is 3. The van der Waals surface area contributed by atoms with Crippen LogP contribution in [0.3, 0.4) is 0 Å². The Hall–Kier alpha value is -1.56. The van der Waals surface area contributed by atoms with Gasteiger partial charge in [-0.1, -0.05) is 0 Å². The van der Waals surface area contributed by atoms with Crippen LogP contribution >= 0.6 is 0 Å². The number of anilines is 1. The van der Waals surface area contributed by atoms with Crippen LogP contribution in [-0.4, -0.2) is 35.4 Å². The minimum atomic E-state index is -0.200. The van der Waals surface area contributed by atoms with Gasteiger partial charge in [0.25, 0.3) is 5.91 Å². The van der Waals surface area contributed by atoms with E-state index in [0.717, 1.165) is 6.42 Å². The molecule has 0 unspecified atom stereocenters. The second kappa shape index (κ2) is 6.12. The van der Waals surface area contributed by atoms with E-state index in [1.54, 1.807) is 0 Å². The molecule has 6 nitrogen and oxygen atoms in total. The summed E-state index contributed by atoms with van der Waals surface area (Å²) < 4.78 is 5.34. The second-order valence-electron chi connectivity index (χ2n) is 3.74. The Morgan fingerprint density at radius 1 is 1.69 bits per heavy atom. The maximum atomic E-state index is 11.5. The Kier molecular flexibility index (Phi) is 4.78.